The largest absolute Gasteiger partial charge is 0.481 e. The minimum Gasteiger partial charge on any atom is -0.481 e. The number of benzene rings is 1. The molecule has 0 spiro atoms. The molecule has 2 aromatic heterocycles. The molecule has 0 atom stereocenters. The molecule has 0 aliphatic rings. The molecule has 0 saturated carbocycles. The first-order chi connectivity index (χ1) is 12.1. The number of ether oxygens (including phenoxy) is 1. The van der Waals surface area contributed by atoms with Gasteiger partial charge in [0, 0.05) is 28.7 Å². The summed E-state index contributed by atoms with van der Waals surface area (Å²) in [5, 5.41) is 10.2. The molecular formula is C19H21N3O3. The van der Waals surface area contributed by atoms with Gasteiger partial charge in [-0.3, -0.25) is 0 Å². The number of hydrogen-bond donors (Lipinski definition) is 3. The van der Waals surface area contributed by atoms with Gasteiger partial charge >= 0.3 is 5.97 Å². The number of hydrogen-bond acceptors (Lipinski definition) is 4. The summed E-state index contributed by atoms with van der Waals surface area (Å²) < 4.78 is 5.12. The number of carbonyl (C=O) groups is 1. The van der Waals surface area contributed by atoms with E-state index < -0.39 is 5.97 Å². The van der Waals surface area contributed by atoms with Crippen LogP contribution in [0.15, 0.2) is 36.5 Å². The number of aromatic nitrogens is 2. The van der Waals surface area contributed by atoms with E-state index in [-0.39, 0.29) is 5.56 Å². The van der Waals surface area contributed by atoms with Gasteiger partial charge in [0.15, 0.2) is 0 Å². The van der Waals surface area contributed by atoms with E-state index in [0.29, 0.717) is 12.4 Å². The fraction of sp³-hybridized carbons (Fsp3) is 0.263. The van der Waals surface area contributed by atoms with Crippen LogP contribution < -0.4 is 10.5 Å². The van der Waals surface area contributed by atoms with Gasteiger partial charge in [-0.1, -0.05) is 0 Å². The summed E-state index contributed by atoms with van der Waals surface area (Å²) in [4.78, 5) is 19.0. The third-order valence-corrected chi connectivity index (χ3v) is 4.27. The van der Waals surface area contributed by atoms with E-state index in [0.717, 1.165) is 47.0 Å². The van der Waals surface area contributed by atoms with Crippen molar-refractivity contribution in [3.63, 3.8) is 0 Å². The van der Waals surface area contributed by atoms with Crippen LogP contribution in [-0.2, 0) is 6.42 Å². The second-order valence-electron chi connectivity index (χ2n) is 5.88. The highest BCUT2D eigenvalue weighted by Gasteiger charge is 2.15. The zero-order valence-corrected chi connectivity index (χ0v) is 14.1. The number of carboxylic acids is 1. The highest BCUT2D eigenvalue weighted by Crippen LogP contribution is 2.32. The first-order valence-electron chi connectivity index (χ1n) is 8.22. The highest BCUT2D eigenvalue weighted by molar-refractivity contribution is 5.97. The number of methoxy groups -OCH3 is 1. The molecular weight excluding hydrogens is 318 g/mol. The molecule has 0 saturated heterocycles. The molecule has 0 bridgehead atoms. The summed E-state index contributed by atoms with van der Waals surface area (Å²) in [7, 11) is 1.58. The smallest absolute Gasteiger partial charge is 0.335 e. The van der Waals surface area contributed by atoms with Crippen LogP contribution in [0.25, 0.3) is 22.2 Å². The normalized spacial score (nSPS) is 11.0. The lowest BCUT2D eigenvalue weighted by molar-refractivity contribution is 0.0697. The van der Waals surface area contributed by atoms with Crippen molar-refractivity contribution < 1.29 is 14.6 Å². The van der Waals surface area contributed by atoms with Crippen molar-refractivity contribution in [2.24, 2.45) is 5.73 Å². The molecule has 2 heterocycles. The Morgan fingerprint density at radius 2 is 2.12 bits per heavy atom. The Kier molecular flexibility index (Phi) is 5.00. The molecule has 0 aliphatic carbocycles. The van der Waals surface area contributed by atoms with E-state index in [4.69, 9.17) is 10.5 Å². The molecule has 0 radical (unpaired) electrons. The highest BCUT2D eigenvalue weighted by atomic mass is 16.5. The number of nitrogens with one attached hydrogen (secondary N) is 1. The van der Waals surface area contributed by atoms with Crippen LogP contribution in [0.4, 0.5) is 0 Å². The maximum Gasteiger partial charge on any atom is 0.335 e. The zero-order chi connectivity index (χ0) is 17.8. The van der Waals surface area contributed by atoms with Gasteiger partial charge in [-0.05, 0) is 55.6 Å². The van der Waals surface area contributed by atoms with E-state index >= 15 is 0 Å². The number of rotatable bonds is 7. The lowest BCUT2D eigenvalue weighted by atomic mass is 10.00. The SMILES string of the molecule is COc1ccc(-c2[nH]c3ccc(C(=O)O)cc3c2CCCCN)cn1. The summed E-state index contributed by atoms with van der Waals surface area (Å²) in [6.07, 6.45) is 4.44. The van der Waals surface area contributed by atoms with Crippen LogP contribution in [0.5, 0.6) is 5.88 Å². The Morgan fingerprint density at radius 3 is 2.76 bits per heavy atom. The second-order valence-corrected chi connectivity index (χ2v) is 5.88. The van der Waals surface area contributed by atoms with Crippen molar-refractivity contribution in [2.45, 2.75) is 19.3 Å². The first-order valence-corrected chi connectivity index (χ1v) is 8.22. The Labute approximate surface area is 145 Å². The Bertz CT molecular complexity index is 885. The second kappa shape index (κ2) is 7.36. The summed E-state index contributed by atoms with van der Waals surface area (Å²) in [6.45, 7) is 0.641. The van der Waals surface area contributed by atoms with Gasteiger partial charge in [0.05, 0.1) is 18.4 Å². The van der Waals surface area contributed by atoms with Crippen molar-refractivity contribution >= 4 is 16.9 Å². The van der Waals surface area contributed by atoms with Crippen LogP contribution in [0, 0.1) is 0 Å². The molecule has 0 aliphatic heterocycles. The average Bonchev–Trinajstić information content (AvgIpc) is 3.00. The van der Waals surface area contributed by atoms with Crippen LogP contribution in [0.2, 0.25) is 0 Å². The number of aromatic carboxylic acids is 1. The number of carboxylic acid groups (broad SMARTS) is 1. The standard InChI is InChI=1S/C19H21N3O3/c1-25-17-8-6-13(11-21-17)18-14(4-2-3-9-20)15-10-12(19(23)24)5-7-16(15)22-18/h5-8,10-11,22H,2-4,9,20H2,1H3,(H,23,24). The number of nitrogens with zero attached hydrogens (tertiary/aromatic N) is 1. The Morgan fingerprint density at radius 1 is 1.28 bits per heavy atom. The van der Waals surface area contributed by atoms with Crippen molar-refractivity contribution in [1.29, 1.82) is 0 Å². The van der Waals surface area contributed by atoms with Gasteiger partial charge < -0.3 is 20.6 Å². The number of aromatic amines is 1. The van der Waals surface area contributed by atoms with E-state index in [1.54, 1.807) is 25.4 Å². The number of unbranched alkanes of at least 4 members (excludes halogenated alkanes) is 1. The maximum absolute atomic E-state index is 11.3. The van der Waals surface area contributed by atoms with E-state index in [1.165, 1.54) is 0 Å². The van der Waals surface area contributed by atoms with Crippen LogP contribution in [0.1, 0.15) is 28.8 Å². The fourth-order valence-corrected chi connectivity index (χ4v) is 2.98. The van der Waals surface area contributed by atoms with Gasteiger partial charge in [-0.25, -0.2) is 9.78 Å². The van der Waals surface area contributed by atoms with Gasteiger partial charge in [0.2, 0.25) is 5.88 Å². The molecule has 0 fully saturated rings. The minimum absolute atomic E-state index is 0.283. The summed E-state index contributed by atoms with van der Waals surface area (Å²) in [5.74, 6) is -0.374. The zero-order valence-electron chi connectivity index (χ0n) is 14.1. The fourth-order valence-electron chi connectivity index (χ4n) is 2.98. The van der Waals surface area contributed by atoms with Crippen LogP contribution >= 0.6 is 0 Å². The predicted octanol–water partition coefficient (Wildman–Crippen LogP) is 3.22. The summed E-state index contributed by atoms with van der Waals surface area (Å²) >= 11 is 0. The van der Waals surface area contributed by atoms with Crippen molar-refractivity contribution in [3.05, 3.63) is 47.7 Å². The number of aryl methyl sites for hydroxylation is 1. The molecule has 1 aromatic carbocycles. The number of H-pyrrole nitrogens is 1. The minimum atomic E-state index is -0.927. The number of pyridine rings is 1. The molecule has 3 aromatic rings. The van der Waals surface area contributed by atoms with Crippen molar-refractivity contribution in [2.75, 3.05) is 13.7 Å². The summed E-state index contributed by atoms with van der Waals surface area (Å²) in [5.41, 5.74) is 9.81. The van der Waals surface area contributed by atoms with Crippen molar-refractivity contribution in [1.82, 2.24) is 9.97 Å². The monoisotopic (exact) mass is 339 g/mol. The molecule has 0 amide bonds. The molecule has 4 N–H and O–H groups in total. The quantitative estimate of drug-likeness (QED) is 0.574. The lowest BCUT2D eigenvalue weighted by Crippen LogP contribution is -2.00. The van der Waals surface area contributed by atoms with E-state index in [1.807, 2.05) is 18.2 Å². The predicted molar refractivity (Wildman–Crippen MR) is 97.0 cm³/mol. The van der Waals surface area contributed by atoms with Gasteiger partial charge in [0.1, 0.15) is 0 Å². The molecule has 0 unspecified atom stereocenters. The maximum atomic E-state index is 11.3. The average molecular weight is 339 g/mol. The van der Waals surface area contributed by atoms with Gasteiger partial charge in [-0.2, -0.15) is 0 Å². The number of fused-ring (bicyclic) bond motifs is 1. The lowest BCUT2D eigenvalue weighted by Gasteiger charge is -2.06. The topological polar surface area (TPSA) is 101 Å². The number of nitrogens with two attached hydrogens (primary N) is 1. The van der Waals surface area contributed by atoms with E-state index in [9.17, 15) is 9.90 Å². The van der Waals surface area contributed by atoms with Crippen LogP contribution in [0.3, 0.4) is 0 Å². The first kappa shape index (κ1) is 17.0. The van der Waals surface area contributed by atoms with Gasteiger partial charge in [-0.15, -0.1) is 0 Å². The van der Waals surface area contributed by atoms with Crippen molar-refractivity contribution in [3.8, 4) is 17.1 Å². The Hall–Kier alpha value is -2.86. The van der Waals surface area contributed by atoms with Gasteiger partial charge in [0.25, 0.3) is 0 Å². The molecule has 6 nitrogen and oxygen atoms in total. The molecule has 25 heavy (non-hydrogen) atoms. The molecule has 3 rings (SSSR count). The Balaban J connectivity index is 2.11. The molecule has 6 heteroatoms. The third-order valence-electron chi connectivity index (χ3n) is 4.27. The molecule has 130 valence electrons. The van der Waals surface area contributed by atoms with E-state index in [2.05, 4.69) is 9.97 Å². The van der Waals surface area contributed by atoms with Crippen LogP contribution in [-0.4, -0.2) is 34.7 Å². The summed E-state index contributed by atoms with van der Waals surface area (Å²) in [6, 6.07) is 8.91. The third kappa shape index (κ3) is 3.49.